The third kappa shape index (κ3) is 31.2. The Labute approximate surface area is 739 Å². The summed E-state index contributed by atoms with van der Waals surface area (Å²) in [6.07, 6.45) is 2.43. The third-order valence-electron chi connectivity index (χ3n) is 24.0. The van der Waals surface area contributed by atoms with Gasteiger partial charge < -0.3 is 80.3 Å². The van der Waals surface area contributed by atoms with E-state index in [0.717, 1.165) is 69.7 Å². The minimum Gasteiger partial charge on any atom is -0.383 e. The zero-order valence-electron chi connectivity index (χ0n) is 74.4. The van der Waals surface area contributed by atoms with Crippen LogP contribution in [0.3, 0.4) is 0 Å². The highest BCUT2D eigenvalue weighted by Gasteiger charge is 2.46. The van der Waals surface area contributed by atoms with Gasteiger partial charge in [-0.2, -0.15) is 51.6 Å². The molecule has 0 saturated carbocycles. The molecule has 38 heteroatoms. The smallest absolute Gasteiger partial charge is 0.237 e. The number of benzene rings is 1. The predicted molar refractivity (Wildman–Crippen MR) is 460 cm³/mol. The first-order chi connectivity index (χ1) is 57.8. The Bertz CT molecular complexity index is 4010. The Hall–Kier alpha value is -8.52. The summed E-state index contributed by atoms with van der Waals surface area (Å²) in [6.45, 7) is 22.5. The van der Waals surface area contributed by atoms with Crippen LogP contribution >= 0.6 is 25.3 Å². The molecule has 31 nitrogen and oxygen atoms in total. The molecule has 2 bridgehead atoms. The first kappa shape index (κ1) is 104. The van der Waals surface area contributed by atoms with Crippen LogP contribution in [0.5, 0.6) is 0 Å². The van der Waals surface area contributed by atoms with Crippen LogP contribution < -0.4 is 26.6 Å². The lowest BCUT2D eigenvalue weighted by Crippen LogP contribution is -2.50. The quantitative estimate of drug-likeness (QED) is 0.0711. The summed E-state index contributed by atoms with van der Waals surface area (Å²) in [5, 5.41) is 60.5. The number of alkyl halides is 5. The highest BCUT2D eigenvalue weighted by atomic mass is 32.2. The van der Waals surface area contributed by atoms with Gasteiger partial charge in [0.05, 0.1) is 108 Å². The Kier molecular flexibility index (Phi) is 39.8. The Morgan fingerprint density at radius 1 is 0.419 bits per heavy atom. The van der Waals surface area contributed by atoms with Crippen molar-refractivity contribution in [3.8, 4) is 30.3 Å². The van der Waals surface area contributed by atoms with Crippen molar-refractivity contribution in [2.75, 3.05) is 124 Å². The molecule has 0 aromatic heterocycles. The molecule has 11 rings (SSSR count). The van der Waals surface area contributed by atoms with Crippen LogP contribution in [0, 0.1) is 56.7 Å². The molecular formula is C86H131F5N20O11S2. The molecule has 124 heavy (non-hydrogen) atoms. The molecule has 0 radical (unpaired) electrons. The maximum atomic E-state index is 13.5. The highest BCUT2D eigenvalue weighted by Crippen LogP contribution is 2.39. The van der Waals surface area contributed by atoms with E-state index in [1.54, 1.807) is 21.2 Å². The number of hydrogen-bond donors (Lipinski definition) is 5. The summed E-state index contributed by atoms with van der Waals surface area (Å²) in [4.78, 5) is 139. The standard InChI is InChI=1S/C20H25FN4O2.C18H29FN4O3.C18H27FN4O2.C16H25FN4O2S.C14H23FN4O2.H2S/c1-20(2,23-10-19(27)25-13-16(21)7-17(25)9-22)8-18(26)24-11-14-5-3-4-6-15(14)12-24;1-18(2,8-16(24)22-6-4-5-14(22)12-26-3)21-10-17(25)23-11-13(19)7-15(23)9-20;1-18(2,8-16(24)23-13-3-4-14(23)6-5-13)21-10-17(25)22-11-12(19)7-15(22)9-20;1-16(2,8-14(22)20-3-5-24-6-4-20)19-10-15(23)21-11-12(17)7-13(21)9-18;1-14(2,6-12(20)18(3)4)17-8-13(21)19-9-10(15)5-11(19)7-16;/h3-6,16-17,23H,7-8,10-13H2,1-2H3;13-15,21H,4-8,10-12H2,1-3H3;12-15,21H,3-8,10-11H2,1-2H3;12-13,19H,3-8,10-11H2,1-2H3;10-11,17H,5-6,8-9H2,1-4H3;1H2/t16-,17-;13-,14?,15-;12-,13?,14?,15-;12-,13-;10-,11-;/m00000./s1. The zero-order chi connectivity index (χ0) is 91.1. The Balaban J connectivity index is 0.000000240. The van der Waals surface area contributed by atoms with Gasteiger partial charge in [0, 0.05) is 169 Å². The number of nitrogens with zero attached hydrogens (tertiary/aromatic N) is 15. The van der Waals surface area contributed by atoms with Crippen LogP contribution in [0.4, 0.5) is 22.0 Å². The summed E-state index contributed by atoms with van der Waals surface area (Å²) in [7, 11) is 4.98. The van der Waals surface area contributed by atoms with Gasteiger partial charge in [-0.1, -0.05) is 24.3 Å². The van der Waals surface area contributed by atoms with Crippen molar-refractivity contribution >= 4 is 84.3 Å². The number of ether oxygens (including phenoxy) is 1. The monoisotopic (exact) mass is 1780 g/mol. The van der Waals surface area contributed by atoms with Gasteiger partial charge in [0.1, 0.15) is 61.1 Å². The SMILES string of the molecule is CC(C)(CC(=O)N1C2CCC1CC2)NCC(=O)N1C[C@@H](F)C[C@H]1C#N.CC(C)(CC(=O)N1CCSCC1)NCC(=O)N1C[C@@H](F)C[C@H]1C#N.CC(C)(CC(=O)N1Cc2ccccc2C1)NCC(=O)N1C[C@@H](F)C[C@H]1C#N.CN(C)C(=O)CC(C)(C)NCC(=O)N1C[C@@H](F)C[C@H]1C#N.COCC1CCCN1C(=O)CC(C)(C)NCC(=O)N1C[C@@H](F)C[C@H]1C#N.S. The molecule has 1 unspecified atom stereocenters. The highest BCUT2D eigenvalue weighted by molar-refractivity contribution is 7.99. The lowest BCUT2D eigenvalue weighted by Gasteiger charge is -2.32. The number of thioether (sulfide) groups is 1. The van der Waals surface area contributed by atoms with Gasteiger partial charge in [-0.15, -0.1) is 0 Å². The van der Waals surface area contributed by atoms with Crippen LogP contribution in [0.2, 0.25) is 0 Å². The van der Waals surface area contributed by atoms with E-state index in [9.17, 15) is 69.9 Å². The molecular weight excluding hydrogens is 1650 g/mol. The number of rotatable bonds is 27. The molecule has 5 N–H and O–H groups in total. The van der Waals surface area contributed by atoms with Gasteiger partial charge in [0.25, 0.3) is 0 Å². The molecule has 10 amide bonds. The second-order valence-electron chi connectivity index (χ2n) is 37.1. The van der Waals surface area contributed by atoms with Crippen LogP contribution in [0.25, 0.3) is 0 Å². The molecule has 10 aliphatic rings. The predicted octanol–water partition coefficient (Wildman–Crippen LogP) is 5.15. The molecule has 1 aromatic rings. The molecule has 0 spiro atoms. The fourth-order valence-corrected chi connectivity index (χ4v) is 17.8. The van der Waals surface area contributed by atoms with Crippen LogP contribution in [-0.4, -0.2) is 339 Å². The fraction of sp³-hybridized carbons (Fsp3) is 0.756. The van der Waals surface area contributed by atoms with Crippen LogP contribution in [0.15, 0.2) is 24.3 Å². The molecule has 688 valence electrons. The van der Waals surface area contributed by atoms with Crippen molar-refractivity contribution in [3.63, 3.8) is 0 Å². The summed E-state index contributed by atoms with van der Waals surface area (Å²) in [5.74, 6) is 0.670. The number of hydrogen-bond acceptors (Lipinski definition) is 22. The van der Waals surface area contributed by atoms with Crippen molar-refractivity contribution < 1.29 is 74.6 Å². The average molecular weight is 1780 g/mol. The van der Waals surface area contributed by atoms with Crippen molar-refractivity contribution in [1.82, 2.24) is 75.6 Å². The minimum atomic E-state index is -1.15. The number of carbonyl (C=O) groups is 10. The van der Waals surface area contributed by atoms with E-state index in [4.69, 9.17) is 31.0 Å². The first-order valence-corrected chi connectivity index (χ1v) is 43.9. The van der Waals surface area contributed by atoms with Crippen molar-refractivity contribution in [1.29, 1.82) is 26.3 Å². The third-order valence-corrected chi connectivity index (χ3v) is 24.9. The topological polar surface area (TPSA) is 391 Å². The molecule has 1 aromatic carbocycles. The number of halogens is 5. The van der Waals surface area contributed by atoms with E-state index < -0.39 is 88.8 Å². The van der Waals surface area contributed by atoms with Gasteiger partial charge in [-0.05, 0) is 119 Å². The van der Waals surface area contributed by atoms with Gasteiger partial charge in [-0.3, -0.25) is 47.9 Å². The van der Waals surface area contributed by atoms with Gasteiger partial charge in [0.15, 0.2) is 0 Å². The molecule has 10 aliphatic heterocycles. The lowest BCUT2D eigenvalue weighted by atomic mass is 9.99. The maximum absolute atomic E-state index is 13.5. The molecule has 11 atom stereocenters. The molecule has 9 fully saturated rings. The first-order valence-electron chi connectivity index (χ1n) is 42.8. The zero-order valence-corrected chi connectivity index (χ0v) is 76.2. The van der Waals surface area contributed by atoms with Crippen molar-refractivity contribution in [2.45, 2.75) is 292 Å². The van der Waals surface area contributed by atoms with E-state index in [0.29, 0.717) is 44.6 Å². The second-order valence-corrected chi connectivity index (χ2v) is 38.3. The van der Waals surface area contributed by atoms with Gasteiger partial charge in [-0.25, -0.2) is 22.0 Å². The van der Waals surface area contributed by atoms with E-state index in [-0.39, 0.29) is 195 Å². The number of likely N-dealkylation sites (tertiary alicyclic amines) is 6. The number of nitrogens with one attached hydrogen (secondary N) is 5. The number of fused-ring (bicyclic) bond motifs is 3. The fourth-order valence-electron chi connectivity index (χ4n) is 16.9. The largest absolute Gasteiger partial charge is 0.383 e. The number of methoxy groups -OCH3 is 1. The second kappa shape index (κ2) is 47.3. The number of nitriles is 5. The van der Waals surface area contributed by atoms with Gasteiger partial charge in [0.2, 0.25) is 59.1 Å². The van der Waals surface area contributed by atoms with Crippen molar-refractivity contribution in [2.24, 2.45) is 0 Å². The van der Waals surface area contributed by atoms with Crippen LogP contribution in [0.1, 0.15) is 183 Å². The van der Waals surface area contributed by atoms with E-state index in [1.807, 2.05) is 155 Å². The lowest BCUT2D eigenvalue weighted by molar-refractivity contribution is -0.135. The van der Waals surface area contributed by atoms with Gasteiger partial charge >= 0.3 is 0 Å². The van der Waals surface area contributed by atoms with E-state index in [2.05, 4.69) is 26.6 Å². The van der Waals surface area contributed by atoms with E-state index >= 15 is 0 Å². The Morgan fingerprint density at radius 3 is 1.01 bits per heavy atom. The normalized spacial score (nSPS) is 25.1. The molecule has 0 aliphatic carbocycles. The maximum Gasteiger partial charge on any atom is 0.237 e. The van der Waals surface area contributed by atoms with E-state index in [1.165, 1.54) is 40.5 Å². The summed E-state index contributed by atoms with van der Waals surface area (Å²) in [5.41, 5.74) is -0.426. The average Bonchev–Trinajstić information content (AvgIpc) is 1.63. The van der Waals surface area contributed by atoms with Crippen molar-refractivity contribution in [3.05, 3.63) is 35.4 Å². The number of carbonyl (C=O) groups excluding carboxylic acids is 10. The summed E-state index contributed by atoms with van der Waals surface area (Å²) < 4.78 is 72.3. The molecule has 10 heterocycles. The number of amides is 10. The summed E-state index contributed by atoms with van der Waals surface area (Å²) >= 11 is 1.85. The minimum absolute atomic E-state index is 0. The summed E-state index contributed by atoms with van der Waals surface area (Å²) in [6, 6.07) is 15.3. The van der Waals surface area contributed by atoms with Crippen LogP contribution in [-0.2, 0) is 65.8 Å². The Morgan fingerprint density at radius 2 is 0.710 bits per heavy atom. The molecule has 9 saturated heterocycles.